The molecule has 4 rings (SSSR count). The third-order valence-electron chi connectivity index (χ3n) is 5.25. The first-order chi connectivity index (χ1) is 11.6. The molecule has 2 aromatic heterocycles. The highest BCUT2D eigenvalue weighted by atomic mass is 32.1. The lowest BCUT2D eigenvalue weighted by Crippen LogP contribution is -2.47. The minimum atomic E-state index is 0.0349. The fraction of sp³-hybridized carbons (Fsp3) is 0.556. The number of furan rings is 1. The number of rotatable bonds is 3. The van der Waals surface area contributed by atoms with Crippen molar-refractivity contribution < 1.29 is 9.21 Å². The van der Waals surface area contributed by atoms with Crippen molar-refractivity contribution >= 4 is 17.2 Å². The Hall–Kier alpha value is -1.66. The van der Waals surface area contributed by atoms with Crippen LogP contribution >= 0.6 is 11.3 Å². The maximum atomic E-state index is 12.6. The van der Waals surface area contributed by atoms with E-state index in [1.807, 2.05) is 4.90 Å². The number of carbonyl (C=O) groups excluding carboxylic acids is 1. The van der Waals surface area contributed by atoms with Crippen LogP contribution in [0.25, 0.3) is 0 Å². The van der Waals surface area contributed by atoms with Gasteiger partial charge < -0.3 is 9.32 Å². The molecule has 6 heteroatoms. The van der Waals surface area contributed by atoms with E-state index in [1.165, 1.54) is 12.1 Å². The van der Waals surface area contributed by atoms with Crippen LogP contribution in [0.1, 0.15) is 40.5 Å². The van der Waals surface area contributed by atoms with Crippen molar-refractivity contribution in [2.24, 2.45) is 5.41 Å². The summed E-state index contributed by atoms with van der Waals surface area (Å²) in [6.45, 7) is 6.83. The van der Waals surface area contributed by atoms with Gasteiger partial charge in [-0.05, 0) is 44.9 Å². The van der Waals surface area contributed by atoms with Gasteiger partial charge >= 0.3 is 0 Å². The molecule has 0 aromatic carbocycles. The molecule has 1 atom stereocenters. The van der Waals surface area contributed by atoms with Crippen LogP contribution in [0.3, 0.4) is 0 Å². The molecule has 2 aliphatic rings. The first-order valence-corrected chi connectivity index (χ1v) is 9.48. The monoisotopic (exact) mass is 345 g/mol. The van der Waals surface area contributed by atoms with Gasteiger partial charge in [0, 0.05) is 37.0 Å². The Kier molecular flexibility index (Phi) is 4.18. The molecule has 2 fully saturated rings. The minimum absolute atomic E-state index is 0.0349. The summed E-state index contributed by atoms with van der Waals surface area (Å²) in [6, 6.07) is 3.54. The van der Waals surface area contributed by atoms with Crippen molar-refractivity contribution in [3.8, 4) is 0 Å². The lowest BCUT2D eigenvalue weighted by Gasteiger charge is -2.40. The van der Waals surface area contributed by atoms with Crippen molar-refractivity contribution in [3.05, 3.63) is 40.2 Å². The van der Waals surface area contributed by atoms with Gasteiger partial charge in [0.1, 0.15) is 0 Å². The summed E-state index contributed by atoms with van der Waals surface area (Å²) in [4.78, 5) is 21.7. The van der Waals surface area contributed by atoms with Crippen LogP contribution in [0.2, 0.25) is 0 Å². The van der Waals surface area contributed by atoms with Crippen molar-refractivity contribution in [1.29, 1.82) is 0 Å². The van der Waals surface area contributed by atoms with Crippen LogP contribution in [-0.4, -0.2) is 46.9 Å². The zero-order valence-electron chi connectivity index (χ0n) is 14.0. The number of carbonyl (C=O) groups is 1. The number of nitrogens with zero attached hydrogens (tertiary/aromatic N) is 3. The summed E-state index contributed by atoms with van der Waals surface area (Å²) in [5.41, 5.74) is 1.42. The van der Waals surface area contributed by atoms with Crippen LogP contribution in [0.15, 0.2) is 28.2 Å². The van der Waals surface area contributed by atoms with E-state index in [0.717, 1.165) is 50.6 Å². The highest BCUT2D eigenvalue weighted by molar-refractivity contribution is 7.09. The number of amides is 1. The molecular weight excluding hydrogens is 322 g/mol. The Morgan fingerprint density at radius 3 is 3.04 bits per heavy atom. The second-order valence-corrected chi connectivity index (χ2v) is 8.19. The third-order valence-corrected chi connectivity index (χ3v) is 6.07. The molecular formula is C18H23N3O2S. The molecule has 0 N–H and O–H groups in total. The molecule has 24 heavy (non-hydrogen) atoms. The summed E-state index contributed by atoms with van der Waals surface area (Å²) in [5, 5.41) is 3.29. The van der Waals surface area contributed by atoms with E-state index in [-0.39, 0.29) is 11.3 Å². The number of aromatic nitrogens is 1. The molecule has 128 valence electrons. The first-order valence-electron chi connectivity index (χ1n) is 8.60. The lowest BCUT2D eigenvalue weighted by molar-refractivity contribution is 0.0497. The van der Waals surface area contributed by atoms with E-state index in [2.05, 4.69) is 22.2 Å². The van der Waals surface area contributed by atoms with Crippen molar-refractivity contribution in [1.82, 2.24) is 14.8 Å². The zero-order chi connectivity index (χ0) is 16.6. The molecule has 1 amide bonds. The molecule has 1 spiro atoms. The van der Waals surface area contributed by atoms with Gasteiger partial charge in [-0.25, -0.2) is 4.98 Å². The van der Waals surface area contributed by atoms with Gasteiger partial charge in [-0.1, -0.05) is 0 Å². The molecule has 0 aliphatic carbocycles. The van der Waals surface area contributed by atoms with Crippen molar-refractivity contribution in [2.75, 3.05) is 26.2 Å². The number of hydrogen-bond acceptors (Lipinski definition) is 5. The zero-order valence-corrected chi connectivity index (χ0v) is 14.8. The number of piperidine rings is 1. The van der Waals surface area contributed by atoms with E-state index in [1.54, 1.807) is 29.7 Å². The Morgan fingerprint density at radius 2 is 2.29 bits per heavy atom. The maximum Gasteiger partial charge on any atom is 0.289 e. The summed E-state index contributed by atoms with van der Waals surface area (Å²) in [5.74, 6) is 0.493. The normalized spacial score (nSPS) is 24.8. The Morgan fingerprint density at radius 1 is 1.38 bits per heavy atom. The van der Waals surface area contributed by atoms with Gasteiger partial charge in [0.05, 0.1) is 17.0 Å². The summed E-state index contributed by atoms with van der Waals surface area (Å²) in [6.07, 6.45) is 5.02. The molecule has 2 aliphatic heterocycles. The molecule has 0 unspecified atom stereocenters. The number of likely N-dealkylation sites (tertiary alicyclic amines) is 2. The van der Waals surface area contributed by atoms with E-state index in [0.29, 0.717) is 5.76 Å². The maximum absolute atomic E-state index is 12.6. The predicted octanol–water partition coefficient (Wildman–Crippen LogP) is 3.17. The van der Waals surface area contributed by atoms with E-state index >= 15 is 0 Å². The molecule has 5 nitrogen and oxygen atoms in total. The largest absolute Gasteiger partial charge is 0.459 e. The van der Waals surface area contributed by atoms with E-state index < -0.39 is 0 Å². The first kappa shape index (κ1) is 15.8. The second-order valence-electron chi connectivity index (χ2n) is 7.13. The Balaban J connectivity index is 1.41. The Bertz CT molecular complexity index is 712. The molecule has 0 saturated carbocycles. The highest BCUT2D eigenvalue weighted by Gasteiger charge is 2.42. The Labute approximate surface area is 146 Å². The molecule has 4 heterocycles. The predicted molar refractivity (Wildman–Crippen MR) is 93.0 cm³/mol. The lowest BCUT2D eigenvalue weighted by atomic mass is 9.79. The van der Waals surface area contributed by atoms with Gasteiger partial charge in [0.15, 0.2) is 5.76 Å². The fourth-order valence-electron chi connectivity index (χ4n) is 4.14. The van der Waals surface area contributed by atoms with Crippen LogP contribution < -0.4 is 0 Å². The fourth-order valence-corrected chi connectivity index (χ4v) is 4.75. The SMILES string of the molecule is Cc1nc(CN2CC[C@@]3(CCCN(C(=O)c4ccco4)C3)C2)cs1. The smallest absolute Gasteiger partial charge is 0.289 e. The van der Waals surface area contributed by atoms with Gasteiger partial charge in [-0.3, -0.25) is 9.69 Å². The van der Waals surface area contributed by atoms with Gasteiger partial charge in [-0.15, -0.1) is 11.3 Å². The average Bonchev–Trinajstić information content (AvgIpc) is 3.30. The van der Waals surface area contributed by atoms with Crippen LogP contribution in [0.5, 0.6) is 0 Å². The van der Waals surface area contributed by atoms with Gasteiger partial charge in [0.25, 0.3) is 5.91 Å². The molecule has 0 radical (unpaired) electrons. The quantitative estimate of drug-likeness (QED) is 0.857. The van der Waals surface area contributed by atoms with Gasteiger partial charge in [-0.2, -0.15) is 0 Å². The summed E-state index contributed by atoms with van der Waals surface area (Å²) in [7, 11) is 0. The van der Waals surface area contributed by atoms with E-state index in [9.17, 15) is 4.79 Å². The number of aryl methyl sites for hydroxylation is 1. The molecule has 2 aromatic rings. The minimum Gasteiger partial charge on any atom is -0.459 e. The molecule has 0 bridgehead atoms. The second kappa shape index (κ2) is 6.33. The van der Waals surface area contributed by atoms with Crippen LogP contribution in [0, 0.1) is 12.3 Å². The van der Waals surface area contributed by atoms with Gasteiger partial charge in [0.2, 0.25) is 0 Å². The van der Waals surface area contributed by atoms with E-state index in [4.69, 9.17) is 4.42 Å². The molecule has 2 saturated heterocycles. The summed E-state index contributed by atoms with van der Waals surface area (Å²) < 4.78 is 5.29. The third kappa shape index (κ3) is 3.13. The standard InChI is InChI=1S/C18H23N3O2S/c1-14-19-15(11-24-14)10-20-8-6-18(12-20)5-3-7-21(13-18)17(22)16-4-2-9-23-16/h2,4,9,11H,3,5-8,10,12-13H2,1H3/t18-/m0/s1. The van der Waals surface area contributed by atoms with Crippen LogP contribution in [0.4, 0.5) is 0 Å². The highest BCUT2D eigenvalue weighted by Crippen LogP contribution is 2.39. The van der Waals surface area contributed by atoms with Crippen molar-refractivity contribution in [2.45, 2.75) is 32.7 Å². The average molecular weight is 345 g/mol. The van der Waals surface area contributed by atoms with Crippen molar-refractivity contribution in [3.63, 3.8) is 0 Å². The van der Waals surface area contributed by atoms with Crippen LogP contribution in [-0.2, 0) is 6.54 Å². The number of thiazole rings is 1. The topological polar surface area (TPSA) is 49.6 Å². The number of hydrogen-bond donors (Lipinski definition) is 0. The summed E-state index contributed by atoms with van der Waals surface area (Å²) >= 11 is 1.72.